The Balaban J connectivity index is 1.35. The van der Waals surface area contributed by atoms with Crippen molar-refractivity contribution in [3.05, 3.63) is 0 Å². The van der Waals surface area contributed by atoms with Crippen LogP contribution >= 0.6 is 0 Å². The molecule has 0 radical (unpaired) electrons. The van der Waals surface area contributed by atoms with Crippen LogP contribution in [0.2, 0.25) is 0 Å². The first-order valence-electron chi connectivity index (χ1n) is 23.0. The third-order valence-electron chi connectivity index (χ3n) is 13.2. The summed E-state index contributed by atoms with van der Waals surface area (Å²) in [5.41, 5.74) is 0. The number of carbonyl (C=O) groups excluding carboxylic acids is 2. The number of carbonyl (C=O) groups is 2. The second kappa shape index (κ2) is 25.3. The molecular formula is C40H68N2O30. The van der Waals surface area contributed by atoms with Crippen molar-refractivity contribution in [2.45, 2.75) is 205 Å². The zero-order chi connectivity index (χ0) is 53.2. The molecule has 0 aromatic rings. The van der Waals surface area contributed by atoms with E-state index in [1.807, 2.05) is 0 Å². The van der Waals surface area contributed by atoms with Gasteiger partial charge in [0.15, 0.2) is 37.7 Å². The zero-order valence-corrected chi connectivity index (χ0v) is 38.8. The molecule has 6 aliphatic rings. The molecule has 0 aliphatic carbocycles. The lowest BCUT2D eigenvalue weighted by Gasteiger charge is -2.51. The molecule has 6 aliphatic heterocycles. The van der Waals surface area contributed by atoms with Gasteiger partial charge in [-0.15, -0.1) is 0 Å². The number of hydrogen-bond donors (Lipinski definition) is 19. The Morgan fingerprint density at radius 3 is 1.24 bits per heavy atom. The maximum absolute atomic E-state index is 13.0. The van der Waals surface area contributed by atoms with Gasteiger partial charge in [0.1, 0.15) is 140 Å². The van der Waals surface area contributed by atoms with E-state index in [-0.39, 0.29) is 0 Å². The number of aliphatic hydroxyl groups is 17. The molecule has 0 bridgehead atoms. The van der Waals surface area contributed by atoms with Crippen LogP contribution < -0.4 is 10.6 Å². The lowest BCUT2D eigenvalue weighted by Crippen LogP contribution is -2.71. The molecule has 0 spiro atoms. The molecule has 6 fully saturated rings. The van der Waals surface area contributed by atoms with Gasteiger partial charge in [0.05, 0.1) is 39.1 Å². The van der Waals surface area contributed by atoms with Crippen molar-refractivity contribution in [3.8, 4) is 0 Å². The summed E-state index contributed by atoms with van der Waals surface area (Å²) in [4.78, 5) is 25.0. The normalized spacial score (nSPS) is 50.3. The van der Waals surface area contributed by atoms with E-state index in [9.17, 15) is 96.4 Å². The molecule has 0 saturated carbocycles. The molecule has 32 heteroatoms. The third kappa shape index (κ3) is 12.5. The van der Waals surface area contributed by atoms with Gasteiger partial charge in [-0.25, -0.2) is 0 Å². The second-order valence-corrected chi connectivity index (χ2v) is 18.2. The van der Waals surface area contributed by atoms with Gasteiger partial charge in [-0.3, -0.25) is 9.59 Å². The molecule has 0 aromatic carbocycles. The van der Waals surface area contributed by atoms with E-state index in [0.717, 1.165) is 13.8 Å². The fraction of sp³-hybridized carbons (Fsp3) is 0.950. The Hall–Kier alpha value is -2.18. The molecule has 6 heterocycles. The van der Waals surface area contributed by atoms with Crippen LogP contribution in [-0.4, -0.2) is 316 Å². The van der Waals surface area contributed by atoms with Crippen molar-refractivity contribution >= 4 is 11.8 Å². The number of aliphatic hydroxyl groups excluding tert-OH is 17. The minimum absolute atomic E-state index is 0.749. The number of rotatable bonds is 17. The summed E-state index contributed by atoms with van der Waals surface area (Å²) >= 11 is 0. The number of hydrogen-bond acceptors (Lipinski definition) is 30. The highest BCUT2D eigenvalue weighted by Gasteiger charge is 2.59. The molecular weight excluding hydrogens is 988 g/mol. The van der Waals surface area contributed by atoms with E-state index in [4.69, 9.17) is 52.1 Å². The molecule has 19 N–H and O–H groups in total. The first kappa shape index (κ1) is 59.1. The van der Waals surface area contributed by atoms with Gasteiger partial charge in [-0.05, 0) is 6.92 Å². The van der Waals surface area contributed by atoms with Crippen LogP contribution in [0, 0.1) is 0 Å². The molecule has 72 heavy (non-hydrogen) atoms. The summed E-state index contributed by atoms with van der Waals surface area (Å²) in [5, 5.41) is 188. The van der Waals surface area contributed by atoms with Crippen LogP contribution in [0.1, 0.15) is 20.8 Å². The zero-order valence-electron chi connectivity index (χ0n) is 38.8. The van der Waals surface area contributed by atoms with Crippen LogP contribution in [0.3, 0.4) is 0 Å². The minimum Gasteiger partial charge on any atom is -0.394 e. The lowest BCUT2D eigenvalue weighted by molar-refractivity contribution is -0.404. The van der Waals surface area contributed by atoms with Gasteiger partial charge >= 0.3 is 0 Å². The monoisotopic (exact) mass is 1060 g/mol. The summed E-state index contributed by atoms with van der Waals surface area (Å²) in [6, 6.07) is -3.44. The SMILES string of the molecule is CC(=O)N[C@H]1[C@H](O[C@H]2[C@@H](O)[C@@H](CO)O[C@@H](O[C@H]3[C@@H](O)[C@@H](CO)OC(O)[C@@H]3NC(C)=O)[C@@H]2O)O[C@H](CO)[C@@H](O)[C@@H]1O[C@@H]1O[C@H](CO)[C@H](O)[C@H](O[C@H]2O[C@H](CO)[C@H](O)[C@H](O)[C@H]2O)[C@H]1O[C@@H]1O[C@@H](C)[C@@H](O)[C@@H](O)[C@@H]1O. The quantitative estimate of drug-likeness (QED) is 0.0643. The number of amides is 2. The molecule has 6 rings (SSSR count). The van der Waals surface area contributed by atoms with E-state index in [1.165, 1.54) is 6.92 Å². The van der Waals surface area contributed by atoms with Crippen LogP contribution in [0.4, 0.5) is 0 Å². The van der Waals surface area contributed by atoms with Crippen molar-refractivity contribution < 1.29 is 149 Å². The van der Waals surface area contributed by atoms with Crippen molar-refractivity contribution in [3.63, 3.8) is 0 Å². The number of ether oxygens (including phenoxy) is 11. The highest BCUT2D eigenvalue weighted by molar-refractivity contribution is 5.73. The predicted molar refractivity (Wildman–Crippen MR) is 221 cm³/mol. The topological polar surface area (TPSA) is 504 Å². The van der Waals surface area contributed by atoms with E-state index >= 15 is 0 Å². The van der Waals surface area contributed by atoms with Crippen molar-refractivity contribution in [2.75, 3.05) is 33.0 Å². The van der Waals surface area contributed by atoms with E-state index in [2.05, 4.69) is 10.6 Å². The van der Waals surface area contributed by atoms with Crippen LogP contribution in [0.25, 0.3) is 0 Å². The van der Waals surface area contributed by atoms with Gasteiger partial charge in [0.25, 0.3) is 0 Å². The smallest absolute Gasteiger partial charge is 0.217 e. The third-order valence-corrected chi connectivity index (χ3v) is 13.2. The maximum Gasteiger partial charge on any atom is 0.217 e. The van der Waals surface area contributed by atoms with E-state index < -0.39 is 229 Å². The fourth-order valence-corrected chi connectivity index (χ4v) is 9.23. The van der Waals surface area contributed by atoms with Crippen LogP contribution in [-0.2, 0) is 61.7 Å². The molecule has 6 saturated heterocycles. The highest BCUT2D eigenvalue weighted by atomic mass is 16.8. The average molecular weight is 1060 g/mol. The molecule has 32 nitrogen and oxygen atoms in total. The van der Waals surface area contributed by atoms with Gasteiger partial charge in [0.2, 0.25) is 11.8 Å². The van der Waals surface area contributed by atoms with Gasteiger partial charge in [-0.1, -0.05) is 0 Å². The number of nitrogens with one attached hydrogen (secondary N) is 2. The molecule has 30 atom stereocenters. The largest absolute Gasteiger partial charge is 0.394 e. The highest BCUT2D eigenvalue weighted by Crippen LogP contribution is 2.38. The minimum atomic E-state index is -2.20. The van der Waals surface area contributed by atoms with Crippen LogP contribution in [0.15, 0.2) is 0 Å². The Bertz CT molecular complexity index is 1730. The molecule has 1 unspecified atom stereocenters. The summed E-state index contributed by atoms with van der Waals surface area (Å²) in [5.74, 6) is -1.65. The standard InChI is InChI=1S/C40H68N2O30/c1-9-19(50)25(56)27(58)37(62-9)72-34-33(71-38-28(59)26(57)20(51)12(4-43)65-38)24(55)16(8-47)67-40(34)69-31-18(42-11(3)49)36(64-14(6-45)22(31)53)70-32-23(54)15(7-46)66-39(29(32)60)68-30-17(41-10(2)48)35(61)63-13(5-44)21(30)52/h9,12-40,43-47,50-61H,4-8H2,1-3H3,(H,41,48)(H,42,49)/t9-,12+,13+,14+,15+,16+,17+,18+,19+,20-,21-,22+,23-,24-,25+,26-,27-,28+,29+,30+,31+,32-,33-,34+,35?,36-,37-,38+,39-,40-/m0/s1. The summed E-state index contributed by atoms with van der Waals surface area (Å²) < 4.78 is 63.8. The summed E-state index contributed by atoms with van der Waals surface area (Å²) in [7, 11) is 0. The first-order valence-corrected chi connectivity index (χ1v) is 23.0. The Kier molecular flexibility index (Phi) is 20.8. The second-order valence-electron chi connectivity index (χ2n) is 18.2. The molecule has 2 amide bonds. The van der Waals surface area contributed by atoms with Crippen molar-refractivity contribution in [2.24, 2.45) is 0 Å². The molecule has 0 aromatic heterocycles. The van der Waals surface area contributed by atoms with Crippen LogP contribution in [0.5, 0.6) is 0 Å². The summed E-state index contributed by atoms with van der Waals surface area (Å²) in [6.07, 6.45) is -53.7. The summed E-state index contributed by atoms with van der Waals surface area (Å²) in [6.45, 7) is -1.63. The Morgan fingerprint density at radius 2 is 0.708 bits per heavy atom. The Morgan fingerprint density at radius 1 is 0.361 bits per heavy atom. The van der Waals surface area contributed by atoms with Gasteiger partial charge < -0.3 is 150 Å². The maximum atomic E-state index is 13.0. The van der Waals surface area contributed by atoms with E-state index in [0.29, 0.717) is 0 Å². The van der Waals surface area contributed by atoms with Gasteiger partial charge in [0, 0.05) is 13.8 Å². The van der Waals surface area contributed by atoms with E-state index in [1.54, 1.807) is 0 Å². The van der Waals surface area contributed by atoms with Crippen molar-refractivity contribution in [1.82, 2.24) is 10.6 Å². The van der Waals surface area contributed by atoms with Crippen molar-refractivity contribution in [1.29, 1.82) is 0 Å². The average Bonchev–Trinajstić information content (AvgIpc) is 3.34. The Labute approximate surface area is 408 Å². The predicted octanol–water partition coefficient (Wildman–Crippen LogP) is -12.8. The molecule has 418 valence electrons. The first-order chi connectivity index (χ1) is 34.0. The lowest BCUT2D eigenvalue weighted by atomic mass is 9.93. The fourth-order valence-electron chi connectivity index (χ4n) is 9.23. The van der Waals surface area contributed by atoms with Gasteiger partial charge in [-0.2, -0.15) is 0 Å².